The molecule has 16 heavy (non-hydrogen) atoms. The lowest BCUT2D eigenvalue weighted by Crippen LogP contribution is -2.34. The highest BCUT2D eigenvalue weighted by atomic mass is 19.3. The van der Waals surface area contributed by atoms with E-state index in [0.29, 0.717) is 0 Å². The van der Waals surface area contributed by atoms with Gasteiger partial charge in [-0.3, -0.25) is 4.79 Å². The molecule has 0 aliphatic heterocycles. The molecule has 1 saturated carbocycles. The number of alkyl halides is 2. The standard InChI is InChI=1S/C9H10F2N2O3/c1-4(8(14)15)7-12-6(13-16-7)5-2-9(10,11)3-5/h4-5H,2-3H2,1H3,(H,14,15). The van der Waals surface area contributed by atoms with Gasteiger partial charge in [-0.1, -0.05) is 5.16 Å². The molecule has 0 radical (unpaired) electrons. The van der Waals surface area contributed by atoms with Gasteiger partial charge >= 0.3 is 5.97 Å². The number of hydrogen-bond acceptors (Lipinski definition) is 4. The predicted octanol–water partition coefficient (Wildman–Crippen LogP) is 1.77. The molecule has 1 aliphatic carbocycles. The van der Waals surface area contributed by atoms with Gasteiger partial charge in [0.2, 0.25) is 11.8 Å². The molecule has 1 N–H and O–H groups in total. The van der Waals surface area contributed by atoms with Crippen molar-refractivity contribution in [1.82, 2.24) is 10.1 Å². The van der Waals surface area contributed by atoms with E-state index in [1.54, 1.807) is 0 Å². The van der Waals surface area contributed by atoms with Crippen molar-refractivity contribution in [1.29, 1.82) is 0 Å². The second-order valence-electron chi connectivity index (χ2n) is 4.01. The number of aliphatic carboxylic acids is 1. The van der Waals surface area contributed by atoms with Crippen LogP contribution in [0.15, 0.2) is 4.52 Å². The molecule has 88 valence electrons. The van der Waals surface area contributed by atoms with Crippen molar-refractivity contribution in [2.45, 2.75) is 37.5 Å². The molecule has 0 saturated heterocycles. The number of rotatable bonds is 3. The zero-order valence-corrected chi connectivity index (χ0v) is 8.48. The average molecular weight is 232 g/mol. The van der Waals surface area contributed by atoms with Crippen molar-refractivity contribution in [2.75, 3.05) is 0 Å². The zero-order valence-electron chi connectivity index (χ0n) is 8.48. The molecule has 2 rings (SSSR count). The monoisotopic (exact) mass is 232 g/mol. The number of carboxylic acid groups (broad SMARTS) is 1. The summed E-state index contributed by atoms with van der Waals surface area (Å²) in [4.78, 5) is 14.4. The fourth-order valence-corrected chi connectivity index (χ4v) is 1.54. The Labute approximate surface area is 89.5 Å². The third-order valence-electron chi connectivity index (χ3n) is 2.65. The second kappa shape index (κ2) is 3.50. The number of aromatic nitrogens is 2. The van der Waals surface area contributed by atoms with E-state index < -0.39 is 23.7 Å². The van der Waals surface area contributed by atoms with E-state index >= 15 is 0 Å². The predicted molar refractivity (Wildman–Crippen MR) is 47.3 cm³/mol. The molecular weight excluding hydrogens is 222 g/mol. The van der Waals surface area contributed by atoms with Crippen molar-refractivity contribution in [3.8, 4) is 0 Å². The van der Waals surface area contributed by atoms with E-state index in [1.807, 2.05) is 0 Å². The molecule has 5 nitrogen and oxygen atoms in total. The Hall–Kier alpha value is -1.53. The summed E-state index contributed by atoms with van der Waals surface area (Å²) in [6.45, 7) is 1.40. The van der Waals surface area contributed by atoms with Gasteiger partial charge in [0.15, 0.2) is 5.82 Å². The lowest BCUT2D eigenvalue weighted by atomic mass is 9.81. The van der Waals surface area contributed by atoms with E-state index in [9.17, 15) is 13.6 Å². The minimum Gasteiger partial charge on any atom is -0.481 e. The van der Waals surface area contributed by atoms with Crippen LogP contribution in [0, 0.1) is 0 Å². The molecule has 1 heterocycles. The minimum atomic E-state index is -2.65. The van der Waals surface area contributed by atoms with Gasteiger partial charge in [-0.2, -0.15) is 4.98 Å². The van der Waals surface area contributed by atoms with Crippen LogP contribution in [0.2, 0.25) is 0 Å². The summed E-state index contributed by atoms with van der Waals surface area (Å²) in [6, 6.07) is 0. The molecule has 1 aromatic heterocycles. The van der Waals surface area contributed by atoms with E-state index in [-0.39, 0.29) is 24.6 Å². The van der Waals surface area contributed by atoms with Crippen LogP contribution in [0.5, 0.6) is 0 Å². The van der Waals surface area contributed by atoms with Crippen LogP contribution < -0.4 is 0 Å². The first-order chi connectivity index (χ1) is 7.39. The molecule has 0 spiro atoms. The maximum atomic E-state index is 12.6. The summed E-state index contributed by atoms with van der Waals surface area (Å²) in [5.74, 6) is -4.94. The average Bonchev–Trinajstić information content (AvgIpc) is 2.61. The summed E-state index contributed by atoms with van der Waals surface area (Å²) in [6.07, 6.45) is -0.596. The van der Waals surface area contributed by atoms with E-state index in [1.165, 1.54) is 6.92 Å². The molecular formula is C9H10F2N2O3. The van der Waals surface area contributed by atoms with Gasteiger partial charge < -0.3 is 9.63 Å². The van der Waals surface area contributed by atoms with Crippen LogP contribution in [-0.4, -0.2) is 27.1 Å². The van der Waals surface area contributed by atoms with Gasteiger partial charge in [0, 0.05) is 18.8 Å². The Bertz CT molecular complexity index is 411. The van der Waals surface area contributed by atoms with Crippen LogP contribution in [0.4, 0.5) is 8.78 Å². The first-order valence-corrected chi connectivity index (χ1v) is 4.83. The van der Waals surface area contributed by atoms with Crippen LogP contribution in [-0.2, 0) is 4.79 Å². The number of carboxylic acids is 1. The molecule has 0 bridgehead atoms. The quantitative estimate of drug-likeness (QED) is 0.859. The molecule has 0 aromatic carbocycles. The van der Waals surface area contributed by atoms with E-state index in [4.69, 9.17) is 9.63 Å². The van der Waals surface area contributed by atoms with Crippen LogP contribution >= 0.6 is 0 Å². The van der Waals surface area contributed by atoms with Gasteiger partial charge in [-0.25, -0.2) is 8.78 Å². The van der Waals surface area contributed by atoms with Crippen molar-refractivity contribution in [3.63, 3.8) is 0 Å². The molecule has 1 atom stereocenters. The summed E-state index contributed by atoms with van der Waals surface area (Å²) in [5.41, 5.74) is 0. The van der Waals surface area contributed by atoms with Crippen molar-refractivity contribution in [3.05, 3.63) is 11.7 Å². The Kier molecular flexibility index (Phi) is 2.40. The number of hydrogen-bond donors (Lipinski definition) is 1. The number of nitrogens with zero attached hydrogens (tertiary/aromatic N) is 2. The van der Waals surface area contributed by atoms with Gasteiger partial charge in [0.25, 0.3) is 0 Å². The van der Waals surface area contributed by atoms with Crippen LogP contribution in [0.1, 0.15) is 43.3 Å². The highest BCUT2D eigenvalue weighted by Crippen LogP contribution is 2.47. The van der Waals surface area contributed by atoms with Crippen molar-refractivity contribution >= 4 is 5.97 Å². The van der Waals surface area contributed by atoms with Gasteiger partial charge in [-0.15, -0.1) is 0 Å². The summed E-state index contributed by atoms with van der Waals surface area (Å²) < 4.78 is 29.9. The van der Waals surface area contributed by atoms with Crippen LogP contribution in [0.3, 0.4) is 0 Å². The topological polar surface area (TPSA) is 76.2 Å². The Morgan fingerprint density at radius 3 is 2.75 bits per heavy atom. The zero-order chi connectivity index (χ0) is 11.9. The molecule has 1 aliphatic rings. The first kappa shape index (κ1) is 11.0. The SMILES string of the molecule is CC(C(=O)O)c1nc(C2CC(F)(F)C2)no1. The second-order valence-corrected chi connectivity index (χ2v) is 4.01. The molecule has 1 aromatic rings. The highest BCUT2D eigenvalue weighted by Gasteiger charge is 2.48. The Morgan fingerprint density at radius 1 is 1.62 bits per heavy atom. The maximum absolute atomic E-state index is 12.6. The highest BCUT2D eigenvalue weighted by molar-refractivity contribution is 5.73. The summed E-state index contributed by atoms with van der Waals surface area (Å²) in [5, 5.41) is 12.2. The molecule has 1 fully saturated rings. The number of halogens is 2. The smallest absolute Gasteiger partial charge is 0.315 e. The Balaban J connectivity index is 2.06. The van der Waals surface area contributed by atoms with Gasteiger partial charge in [0.05, 0.1) is 0 Å². The largest absolute Gasteiger partial charge is 0.481 e. The molecule has 0 amide bonds. The lowest BCUT2D eigenvalue weighted by molar-refractivity contribution is -0.138. The fraction of sp³-hybridized carbons (Fsp3) is 0.667. The first-order valence-electron chi connectivity index (χ1n) is 4.83. The summed E-state index contributed by atoms with van der Waals surface area (Å²) in [7, 11) is 0. The number of carbonyl (C=O) groups is 1. The van der Waals surface area contributed by atoms with Gasteiger partial charge in [0.1, 0.15) is 5.92 Å². The third-order valence-corrected chi connectivity index (χ3v) is 2.65. The Morgan fingerprint density at radius 2 is 2.25 bits per heavy atom. The van der Waals surface area contributed by atoms with Crippen molar-refractivity contribution in [2.24, 2.45) is 0 Å². The maximum Gasteiger partial charge on any atom is 0.315 e. The van der Waals surface area contributed by atoms with E-state index in [2.05, 4.69) is 10.1 Å². The lowest BCUT2D eigenvalue weighted by Gasteiger charge is -2.32. The van der Waals surface area contributed by atoms with Crippen LogP contribution in [0.25, 0.3) is 0 Å². The van der Waals surface area contributed by atoms with Gasteiger partial charge in [-0.05, 0) is 6.92 Å². The van der Waals surface area contributed by atoms with Crippen molar-refractivity contribution < 1.29 is 23.2 Å². The fourth-order valence-electron chi connectivity index (χ4n) is 1.54. The van der Waals surface area contributed by atoms with E-state index in [0.717, 1.165) is 0 Å². The minimum absolute atomic E-state index is 0.0438. The normalized spacial score (nSPS) is 21.4. The molecule has 7 heteroatoms. The summed E-state index contributed by atoms with van der Waals surface area (Å²) >= 11 is 0. The molecule has 1 unspecified atom stereocenters. The third kappa shape index (κ3) is 1.89.